The first-order valence-corrected chi connectivity index (χ1v) is 12.4. The first-order valence-electron chi connectivity index (χ1n) is 9.45. The zero-order chi connectivity index (χ0) is 16.9. The molecule has 136 valence electrons. The highest BCUT2D eigenvalue weighted by molar-refractivity contribution is 6.74. The van der Waals surface area contributed by atoms with Gasteiger partial charge in [0, 0.05) is 5.54 Å². The molecule has 1 aliphatic carbocycles. The third-order valence-electron chi connectivity index (χ3n) is 6.36. The van der Waals surface area contributed by atoms with Gasteiger partial charge in [-0.25, -0.2) is 4.79 Å². The monoisotopic (exact) mass is 355 g/mol. The molecule has 4 atom stereocenters. The van der Waals surface area contributed by atoms with Crippen LogP contribution in [0, 0.1) is 5.92 Å². The summed E-state index contributed by atoms with van der Waals surface area (Å²) in [5.74, 6) is 0.428. The molecule has 0 amide bonds. The molecule has 0 N–H and O–H groups in total. The van der Waals surface area contributed by atoms with Crippen LogP contribution in [0.15, 0.2) is 0 Å². The van der Waals surface area contributed by atoms with Gasteiger partial charge in [-0.15, -0.1) is 0 Å². The Morgan fingerprint density at radius 3 is 2.75 bits per heavy atom. The highest BCUT2D eigenvalue weighted by Gasteiger charge is 2.78. The number of carbonyl (C=O) groups excluding carboxylic acids is 1. The molecule has 0 bridgehead atoms. The predicted octanol–water partition coefficient (Wildman–Crippen LogP) is 2.79. The normalized spacial score (nSPS) is 41.5. The fourth-order valence-corrected chi connectivity index (χ4v) is 8.26. The minimum absolute atomic E-state index is 0.0606. The number of hydrogen-bond donors (Lipinski definition) is 0. The smallest absolute Gasteiger partial charge is 0.334 e. The molecule has 0 aromatic carbocycles. The van der Waals surface area contributed by atoms with E-state index in [1.54, 1.807) is 0 Å². The van der Waals surface area contributed by atoms with Gasteiger partial charge in [-0.3, -0.25) is 9.68 Å². The van der Waals surface area contributed by atoms with Gasteiger partial charge in [0.2, 0.25) is 5.54 Å². The Morgan fingerprint density at radius 1 is 1.29 bits per heavy atom. The van der Waals surface area contributed by atoms with E-state index in [4.69, 9.17) is 18.8 Å². The minimum Gasteiger partial charge on any atom is -0.464 e. The number of nitrogens with zero attached hydrogens (tertiary/aromatic N) is 1. The fourth-order valence-electron chi connectivity index (χ4n) is 5.19. The van der Waals surface area contributed by atoms with Crippen LogP contribution in [0.4, 0.5) is 0 Å². The van der Waals surface area contributed by atoms with E-state index >= 15 is 0 Å². The van der Waals surface area contributed by atoms with E-state index in [1.807, 2.05) is 6.92 Å². The van der Waals surface area contributed by atoms with E-state index in [-0.39, 0.29) is 23.7 Å². The van der Waals surface area contributed by atoms with Crippen molar-refractivity contribution in [2.75, 3.05) is 13.2 Å². The van der Waals surface area contributed by atoms with Crippen molar-refractivity contribution < 1.29 is 23.6 Å². The van der Waals surface area contributed by atoms with Gasteiger partial charge in [0.05, 0.1) is 13.2 Å². The van der Waals surface area contributed by atoms with Gasteiger partial charge in [-0.1, -0.05) is 32.1 Å². The minimum atomic E-state index is -2.04. The van der Waals surface area contributed by atoms with Crippen molar-refractivity contribution >= 4 is 14.3 Å². The maximum absolute atomic E-state index is 13.0. The third-order valence-corrected chi connectivity index (χ3v) is 9.50. The number of rotatable bonds is 4. The number of hydroxylamine groups is 2. The molecule has 3 saturated heterocycles. The molecule has 3 aliphatic heterocycles. The molecule has 3 heterocycles. The van der Waals surface area contributed by atoms with Crippen LogP contribution in [0.1, 0.15) is 45.4 Å². The quantitative estimate of drug-likeness (QED) is 0.571. The second kappa shape index (κ2) is 6.05. The molecular formula is C17H29NO5Si. The molecule has 4 fully saturated rings. The summed E-state index contributed by atoms with van der Waals surface area (Å²) < 4.78 is 12.0. The Morgan fingerprint density at radius 2 is 2.04 bits per heavy atom. The van der Waals surface area contributed by atoms with Crippen molar-refractivity contribution in [2.24, 2.45) is 5.92 Å². The second-order valence-electron chi connectivity index (χ2n) is 8.18. The van der Waals surface area contributed by atoms with Crippen molar-refractivity contribution in [3.63, 3.8) is 0 Å². The van der Waals surface area contributed by atoms with Crippen LogP contribution in [0.25, 0.3) is 0 Å². The van der Waals surface area contributed by atoms with Crippen LogP contribution in [0.2, 0.25) is 18.6 Å². The molecule has 0 unspecified atom stereocenters. The molecule has 4 aliphatic rings. The number of ether oxygens (including phenoxy) is 1. The number of carbonyl (C=O) groups is 1. The number of hydrogen-bond acceptors (Lipinski definition) is 6. The van der Waals surface area contributed by atoms with E-state index in [9.17, 15) is 4.79 Å². The highest BCUT2D eigenvalue weighted by atomic mass is 28.4. The Bertz CT molecular complexity index is 509. The SMILES string of the molecule is CCOC(=O)[C@]12[C@@H]3O[Si](C)(C)[C@H]1CON2O[C@H]3CC1CCCCC1. The average molecular weight is 356 g/mol. The van der Waals surface area contributed by atoms with E-state index in [0.29, 0.717) is 19.1 Å². The van der Waals surface area contributed by atoms with E-state index < -0.39 is 13.9 Å². The molecule has 24 heavy (non-hydrogen) atoms. The van der Waals surface area contributed by atoms with Crippen molar-refractivity contribution in [2.45, 2.75) is 81.8 Å². The first-order chi connectivity index (χ1) is 11.5. The molecule has 0 aromatic heterocycles. The maximum atomic E-state index is 13.0. The zero-order valence-electron chi connectivity index (χ0n) is 15.0. The molecular weight excluding hydrogens is 326 g/mol. The summed E-state index contributed by atoms with van der Waals surface area (Å²) in [7, 11) is -2.04. The molecule has 1 saturated carbocycles. The van der Waals surface area contributed by atoms with Crippen LogP contribution >= 0.6 is 0 Å². The van der Waals surface area contributed by atoms with Crippen molar-refractivity contribution in [1.82, 2.24) is 5.23 Å². The summed E-state index contributed by atoms with van der Waals surface area (Å²) in [4.78, 5) is 24.8. The molecule has 6 nitrogen and oxygen atoms in total. The first kappa shape index (κ1) is 17.0. The summed E-state index contributed by atoms with van der Waals surface area (Å²) in [6.45, 7) is 7.06. The summed E-state index contributed by atoms with van der Waals surface area (Å²) >= 11 is 0. The summed E-state index contributed by atoms with van der Waals surface area (Å²) in [5.41, 5.74) is -0.823. The maximum Gasteiger partial charge on any atom is 0.334 e. The molecule has 7 heteroatoms. The Balaban J connectivity index is 1.62. The summed E-state index contributed by atoms with van der Waals surface area (Å²) in [6.07, 6.45) is 7.04. The van der Waals surface area contributed by atoms with Crippen molar-refractivity contribution in [3.05, 3.63) is 0 Å². The van der Waals surface area contributed by atoms with Gasteiger partial charge in [0.15, 0.2) is 8.32 Å². The van der Waals surface area contributed by atoms with Gasteiger partial charge in [-0.2, -0.15) is 0 Å². The van der Waals surface area contributed by atoms with E-state index in [2.05, 4.69) is 13.1 Å². The van der Waals surface area contributed by atoms with Crippen LogP contribution in [-0.4, -0.2) is 50.5 Å². The van der Waals surface area contributed by atoms with Crippen LogP contribution in [0.3, 0.4) is 0 Å². The van der Waals surface area contributed by atoms with Gasteiger partial charge in [0.25, 0.3) is 0 Å². The van der Waals surface area contributed by atoms with Gasteiger partial charge < -0.3 is 9.16 Å². The topological polar surface area (TPSA) is 57.2 Å². The Labute approximate surface area is 144 Å². The van der Waals surface area contributed by atoms with Crippen molar-refractivity contribution in [1.29, 1.82) is 0 Å². The lowest BCUT2D eigenvalue weighted by Gasteiger charge is -2.28. The van der Waals surface area contributed by atoms with E-state index in [1.165, 1.54) is 37.3 Å². The van der Waals surface area contributed by atoms with Crippen LogP contribution < -0.4 is 0 Å². The zero-order valence-corrected chi connectivity index (χ0v) is 16.0. The van der Waals surface area contributed by atoms with Gasteiger partial charge >= 0.3 is 5.97 Å². The van der Waals surface area contributed by atoms with Crippen molar-refractivity contribution in [3.8, 4) is 0 Å². The summed E-state index contributed by atoms with van der Waals surface area (Å²) in [6, 6.07) is 0. The Kier molecular flexibility index (Phi) is 4.28. The fraction of sp³-hybridized carbons (Fsp3) is 0.941. The molecule has 0 radical (unpaired) electrons. The lowest BCUT2D eigenvalue weighted by atomic mass is 9.80. The highest BCUT2D eigenvalue weighted by Crippen LogP contribution is 2.59. The molecule has 4 rings (SSSR count). The lowest BCUT2D eigenvalue weighted by molar-refractivity contribution is -0.356. The number of esters is 1. The molecule has 0 spiro atoms. The van der Waals surface area contributed by atoms with Crippen LogP contribution in [-0.2, 0) is 23.6 Å². The van der Waals surface area contributed by atoms with Gasteiger partial charge in [0.1, 0.15) is 12.2 Å². The largest absolute Gasteiger partial charge is 0.464 e. The lowest BCUT2D eigenvalue weighted by Crippen LogP contribution is -2.54. The second-order valence-corrected chi connectivity index (χ2v) is 12.3. The van der Waals surface area contributed by atoms with Gasteiger partial charge in [-0.05, 0) is 37.6 Å². The summed E-state index contributed by atoms with van der Waals surface area (Å²) in [5, 5.41) is 1.47. The Hall–Kier alpha value is -0.473. The third kappa shape index (κ3) is 2.32. The standard InChI is InChI=1S/C17H29NO5Si/c1-4-20-16(19)17-14-11-21-18(17)22-13(15(17)23-24(14,2)3)10-12-8-6-5-7-9-12/h12-15H,4-11H2,1-3H3/t13-,14-,15+,17+/m0/s1. The van der Waals surface area contributed by atoms with E-state index in [0.717, 1.165) is 6.42 Å². The predicted molar refractivity (Wildman–Crippen MR) is 89.3 cm³/mol. The van der Waals surface area contributed by atoms with Crippen LogP contribution in [0.5, 0.6) is 0 Å². The average Bonchev–Trinajstić information content (AvgIpc) is 3.14. The molecule has 0 aromatic rings.